The molecule has 0 aromatic carbocycles. The molecule has 24 heavy (non-hydrogen) atoms. The lowest BCUT2D eigenvalue weighted by Gasteiger charge is -2.23. The largest absolute Gasteiger partial charge is 0.464 e. The van der Waals surface area contributed by atoms with E-state index >= 15 is 0 Å². The lowest BCUT2D eigenvalue weighted by atomic mass is 10.1. The van der Waals surface area contributed by atoms with Gasteiger partial charge in [-0.15, -0.1) is 11.6 Å². The molecule has 1 N–H and O–H groups in total. The Hall–Kier alpha value is -0.970. The Morgan fingerprint density at radius 1 is 1.04 bits per heavy atom. The van der Waals surface area contributed by atoms with Crippen molar-refractivity contribution in [3.05, 3.63) is 0 Å². The van der Waals surface area contributed by atoms with Crippen LogP contribution in [0.1, 0.15) is 79.1 Å². The van der Waals surface area contributed by atoms with E-state index in [0.717, 1.165) is 19.3 Å². The minimum atomic E-state index is -0.665. The molecule has 0 aliphatic carbocycles. The van der Waals surface area contributed by atoms with E-state index in [4.69, 9.17) is 21.1 Å². The summed E-state index contributed by atoms with van der Waals surface area (Å²) < 4.78 is 10.4. The van der Waals surface area contributed by atoms with Crippen LogP contribution in [-0.2, 0) is 14.3 Å². The van der Waals surface area contributed by atoms with Gasteiger partial charge in [-0.1, -0.05) is 45.4 Å². The van der Waals surface area contributed by atoms with Gasteiger partial charge >= 0.3 is 12.1 Å². The van der Waals surface area contributed by atoms with E-state index in [1.54, 1.807) is 20.8 Å². The minimum Gasteiger partial charge on any atom is -0.464 e. The van der Waals surface area contributed by atoms with Gasteiger partial charge in [0.05, 0.1) is 6.61 Å². The van der Waals surface area contributed by atoms with E-state index in [1.165, 1.54) is 19.3 Å². The molecular formula is C18H34ClNO4. The first-order chi connectivity index (χ1) is 11.3. The van der Waals surface area contributed by atoms with Crippen LogP contribution in [0.3, 0.4) is 0 Å². The highest BCUT2D eigenvalue weighted by atomic mass is 35.5. The van der Waals surface area contributed by atoms with E-state index in [0.29, 0.717) is 18.7 Å². The van der Waals surface area contributed by atoms with E-state index < -0.39 is 23.7 Å². The summed E-state index contributed by atoms with van der Waals surface area (Å²) in [6.07, 6.45) is 7.28. The molecule has 1 unspecified atom stereocenters. The molecule has 0 rings (SSSR count). The van der Waals surface area contributed by atoms with E-state index in [1.807, 2.05) is 0 Å². The number of amides is 1. The molecule has 0 spiro atoms. The van der Waals surface area contributed by atoms with Crippen molar-refractivity contribution in [2.45, 2.75) is 90.7 Å². The fraction of sp³-hybridized carbons (Fsp3) is 0.889. The number of halogens is 1. The molecule has 0 radical (unpaired) electrons. The number of esters is 1. The van der Waals surface area contributed by atoms with Gasteiger partial charge in [0.2, 0.25) is 0 Å². The summed E-state index contributed by atoms with van der Waals surface area (Å²) in [4.78, 5) is 24.1. The number of carbonyl (C=O) groups excluding carboxylic acids is 2. The van der Waals surface area contributed by atoms with Crippen LogP contribution in [0.5, 0.6) is 0 Å². The van der Waals surface area contributed by atoms with Crippen molar-refractivity contribution in [2.75, 3.05) is 12.5 Å². The van der Waals surface area contributed by atoms with Crippen molar-refractivity contribution in [3.63, 3.8) is 0 Å². The number of unbranched alkanes of at least 4 members (excludes halogenated alkanes) is 5. The lowest BCUT2D eigenvalue weighted by Crippen LogP contribution is -2.44. The molecule has 0 aromatic rings. The second kappa shape index (κ2) is 13.3. The third-order valence-corrected chi connectivity index (χ3v) is 3.61. The summed E-state index contributed by atoms with van der Waals surface area (Å²) in [5, 5.41) is 2.63. The number of alkyl halides is 1. The van der Waals surface area contributed by atoms with Crippen molar-refractivity contribution in [3.8, 4) is 0 Å². The summed E-state index contributed by atoms with van der Waals surface area (Å²) in [6.45, 7) is 7.80. The normalized spacial score (nSPS) is 12.5. The average molecular weight is 364 g/mol. The highest BCUT2D eigenvalue weighted by molar-refractivity contribution is 6.17. The standard InChI is InChI=1S/C18H34ClNO4/c1-5-6-7-8-9-10-12-15(16(21)23-14-11-13-19)20-17(22)24-18(2,3)4/h15H,5-14H2,1-4H3,(H,20,22). The predicted molar refractivity (Wildman–Crippen MR) is 97.4 cm³/mol. The molecule has 0 aliphatic rings. The molecule has 0 aromatic heterocycles. The smallest absolute Gasteiger partial charge is 0.408 e. The second-order valence-corrected chi connectivity index (χ2v) is 7.34. The number of carbonyl (C=O) groups is 2. The first kappa shape index (κ1) is 23.0. The fourth-order valence-corrected chi connectivity index (χ4v) is 2.26. The van der Waals surface area contributed by atoms with Crippen molar-refractivity contribution < 1.29 is 19.1 Å². The monoisotopic (exact) mass is 363 g/mol. The quantitative estimate of drug-likeness (QED) is 0.307. The molecule has 0 saturated carbocycles. The molecule has 142 valence electrons. The van der Waals surface area contributed by atoms with Crippen LogP contribution in [0.15, 0.2) is 0 Å². The third kappa shape index (κ3) is 13.5. The Balaban J connectivity index is 4.37. The molecule has 0 saturated heterocycles. The van der Waals surface area contributed by atoms with Gasteiger partial charge in [-0.2, -0.15) is 0 Å². The molecule has 0 aliphatic heterocycles. The highest BCUT2D eigenvalue weighted by Crippen LogP contribution is 2.11. The maximum absolute atomic E-state index is 12.1. The van der Waals surface area contributed by atoms with E-state index in [-0.39, 0.29) is 6.61 Å². The van der Waals surface area contributed by atoms with Crippen molar-refractivity contribution in [1.82, 2.24) is 5.32 Å². The summed E-state index contributed by atoms with van der Waals surface area (Å²) in [7, 11) is 0. The maximum Gasteiger partial charge on any atom is 0.408 e. The van der Waals surface area contributed by atoms with Gasteiger partial charge < -0.3 is 14.8 Å². The number of ether oxygens (including phenoxy) is 2. The van der Waals surface area contributed by atoms with Gasteiger partial charge in [-0.25, -0.2) is 9.59 Å². The van der Waals surface area contributed by atoms with Gasteiger partial charge in [0, 0.05) is 5.88 Å². The zero-order valence-electron chi connectivity index (χ0n) is 15.7. The predicted octanol–water partition coefficient (Wildman–Crippen LogP) is 4.80. The topological polar surface area (TPSA) is 64.6 Å². The highest BCUT2D eigenvalue weighted by Gasteiger charge is 2.25. The molecule has 0 fully saturated rings. The first-order valence-corrected chi connectivity index (χ1v) is 9.55. The lowest BCUT2D eigenvalue weighted by molar-refractivity contribution is -0.146. The maximum atomic E-state index is 12.1. The Kier molecular flexibility index (Phi) is 12.8. The molecular weight excluding hydrogens is 330 g/mol. The van der Waals surface area contributed by atoms with Gasteiger partial charge in [-0.05, 0) is 33.6 Å². The van der Waals surface area contributed by atoms with Crippen LogP contribution in [-0.4, -0.2) is 36.2 Å². The van der Waals surface area contributed by atoms with Gasteiger partial charge in [-0.3, -0.25) is 0 Å². The zero-order chi connectivity index (χ0) is 18.4. The zero-order valence-corrected chi connectivity index (χ0v) is 16.4. The third-order valence-electron chi connectivity index (χ3n) is 3.34. The molecule has 1 atom stereocenters. The van der Waals surface area contributed by atoms with Crippen LogP contribution in [0.25, 0.3) is 0 Å². The van der Waals surface area contributed by atoms with Crippen LogP contribution in [0.2, 0.25) is 0 Å². The number of hydrogen-bond donors (Lipinski definition) is 1. The van der Waals surface area contributed by atoms with Crippen LogP contribution < -0.4 is 5.32 Å². The molecule has 0 heterocycles. The number of alkyl carbamates (subject to hydrolysis) is 1. The first-order valence-electron chi connectivity index (χ1n) is 9.02. The summed E-state index contributed by atoms with van der Waals surface area (Å²) in [5.41, 5.74) is -0.600. The van der Waals surface area contributed by atoms with Crippen LogP contribution in [0, 0.1) is 0 Å². The van der Waals surface area contributed by atoms with Gasteiger partial charge in [0.1, 0.15) is 11.6 Å². The Morgan fingerprint density at radius 3 is 2.25 bits per heavy atom. The van der Waals surface area contributed by atoms with Gasteiger partial charge in [0.15, 0.2) is 0 Å². The summed E-state index contributed by atoms with van der Waals surface area (Å²) >= 11 is 5.58. The Morgan fingerprint density at radius 2 is 1.67 bits per heavy atom. The summed E-state index contributed by atoms with van der Waals surface area (Å²) in [6, 6.07) is -0.665. The Bertz CT molecular complexity index is 355. The number of hydrogen-bond acceptors (Lipinski definition) is 4. The van der Waals surface area contributed by atoms with Crippen LogP contribution >= 0.6 is 11.6 Å². The SMILES string of the molecule is CCCCCCCCC(NC(=O)OC(C)(C)C)C(=O)OCCCCl. The number of nitrogens with one attached hydrogen (secondary N) is 1. The minimum absolute atomic E-state index is 0.269. The van der Waals surface area contributed by atoms with Crippen molar-refractivity contribution in [1.29, 1.82) is 0 Å². The molecule has 0 bridgehead atoms. The average Bonchev–Trinajstić information content (AvgIpc) is 2.47. The van der Waals surface area contributed by atoms with Crippen molar-refractivity contribution in [2.24, 2.45) is 0 Å². The van der Waals surface area contributed by atoms with Crippen LogP contribution in [0.4, 0.5) is 4.79 Å². The van der Waals surface area contributed by atoms with E-state index in [9.17, 15) is 9.59 Å². The Labute approximate surface area is 151 Å². The van der Waals surface area contributed by atoms with Gasteiger partial charge in [0.25, 0.3) is 0 Å². The summed E-state index contributed by atoms with van der Waals surface area (Å²) in [5.74, 6) is 0.0223. The molecule has 1 amide bonds. The van der Waals surface area contributed by atoms with Crippen molar-refractivity contribution >= 4 is 23.7 Å². The van der Waals surface area contributed by atoms with E-state index in [2.05, 4.69) is 12.2 Å². The molecule has 6 heteroatoms. The number of rotatable bonds is 12. The second-order valence-electron chi connectivity index (χ2n) is 6.97. The fourth-order valence-electron chi connectivity index (χ4n) is 2.16. The molecule has 5 nitrogen and oxygen atoms in total.